The predicted molar refractivity (Wildman–Crippen MR) is 69.3 cm³/mol. The number of carbonyl (C=O) groups excluding carboxylic acids is 1. The van der Waals surface area contributed by atoms with Crippen molar-refractivity contribution in [3.8, 4) is 0 Å². The Morgan fingerprint density at radius 2 is 2.00 bits per heavy atom. The van der Waals surface area contributed by atoms with Crippen LogP contribution in [0.15, 0.2) is 11.1 Å². The van der Waals surface area contributed by atoms with Crippen LogP contribution in [-0.4, -0.2) is 34.0 Å². The van der Waals surface area contributed by atoms with E-state index in [1.54, 1.807) is 6.92 Å². The summed E-state index contributed by atoms with van der Waals surface area (Å²) < 4.78 is 5.48. The molecule has 3 rings (SSSR count). The van der Waals surface area contributed by atoms with E-state index in [2.05, 4.69) is 6.92 Å². The van der Waals surface area contributed by atoms with Crippen molar-refractivity contribution in [3.63, 3.8) is 0 Å². The van der Waals surface area contributed by atoms with Gasteiger partial charge in [-0.05, 0) is 56.1 Å². The SMILES string of the molecule is CC1=C2[C@H]3OC(=O)[C@H](C)[C@@]3(O)CC[C@@]2(C)CC[C@H]1O. The number of hydrogen-bond acceptors (Lipinski definition) is 4. The second-order valence-corrected chi connectivity index (χ2v) is 6.74. The second kappa shape index (κ2) is 3.83. The van der Waals surface area contributed by atoms with Crippen LogP contribution in [0.4, 0.5) is 0 Å². The first kappa shape index (κ1) is 13.1. The van der Waals surface area contributed by atoms with Crippen LogP contribution in [0.5, 0.6) is 0 Å². The van der Waals surface area contributed by atoms with Gasteiger partial charge < -0.3 is 14.9 Å². The molecule has 4 heteroatoms. The summed E-state index contributed by atoms with van der Waals surface area (Å²) in [7, 11) is 0. The van der Waals surface area contributed by atoms with Gasteiger partial charge in [-0.3, -0.25) is 4.79 Å². The quantitative estimate of drug-likeness (QED) is 0.515. The summed E-state index contributed by atoms with van der Waals surface area (Å²) in [4.78, 5) is 11.8. The lowest BCUT2D eigenvalue weighted by atomic mass is 9.57. The average Bonchev–Trinajstić information content (AvgIpc) is 2.59. The summed E-state index contributed by atoms with van der Waals surface area (Å²) in [5.41, 5.74) is 0.714. The van der Waals surface area contributed by atoms with Crippen LogP contribution in [0, 0.1) is 11.3 Å². The predicted octanol–water partition coefficient (Wildman–Crippen LogP) is 1.55. The van der Waals surface area contributed by atoms with Crippen molar-refractivity contribution in [2.45, 2.75) is 64.3 Å². The summed E-state index contributed by atoms with van der Waals surface area (Å²) in [6.45, 7) is 5.80. The fourth-order valence-electron chi connectivity index (χ4n) is 4.13. The van der Waals surface area contributed by atoms with Gasteiger partial charge in [0.15, 0.2) is 6.10 Å². The van der Waals surface area contributed by atoms with Crippen LogP contribution >= 0.6 is 0 Å². The standard InChI is InChI=1S/C15H22O4/c1-8-10(16)4-5-14(3)6-7-15(18)9(2)13(17)19-12(15)11(8)14/h9-10,12,16,18H,4-7H2,1-3H3/t9-,10+,12+,14+,15-/m0/s1. The molecule has 1 saturated heterocycles. The van der Waals surface area contributed by atoms with Gasteiger partial charge in [0.25, 0.3) is 0 Å². The zero-order valence-corrected chi connectivity index (χ0v) is 11.8. The van der Waals surface area contributed by atoms with E-state index in [9.17, 15) is 15.0 Å². The Kier molecular flexibility index (Phi) is 2.64. The molecule has 0 aromatic carbocycles. The molecular weight excluding hydrogens is 244 g/mol. The minimum atomic E-state index is -1.09. The Morgan fingerprint density at radius 3 is 2.68 bits per heavy atom. The topological polar surface area (TPSA) is 66.8 Å². The molecule has 0 bridgehead atoms. The molecule has 1 heterocycles. The zero-order valence-electron chi connectivity index (χ0n) is 11.8. The molecule has 0 unspecified atom stereocenters. The summed E-state index contributed by atoms with van der Waals surface area (Å²) in [5.74, 6) is -0.807. The van der Waals surface area contributed by atoms with Crippen molar-refractivity contribution >= 4 is 5.97 Å². The number of carbonyl (C=O) groups is 1. The Hall–Kier alpha value is -0.870. The molecule has 2 N–H and O–H groups in total. The molecule has 1 aliphatic heterocycles. The number of aliphatic hydroxyl groups excluding tert-OH is 1. The molecule has 0 aromatic rings. The van der Waals surface area contributed by atoms with Gasteiger partial charge in [-0.1, -0.05) is 6.92 Å². The Labute approximate surface area is 113 Å². The van der Waals surface area contributed by atoms with Crippen LogP contribution in [-0.2, 0) is 9.53 Å². The molecule has 5 atom stereocenters. The van der Waals surface area contributed by atoms with Crippen molar-refractivity contribution < 1.29 is 19.7 Å². The third-order valence-corrected chi connectivity index (χ3v) is 5.68. The van der Waals surface area contributed by atoms with Gasteiger partial charge in [-0.2, -0.15) is 0 Å². The summed E-state index contributed by atoms with van der Waals surface area (Å²) in [5, 5.41) is 20.9. The van der Waals surface area contributed by atoms with Crippen LogP contribution in [0.25, 0.3) is 0 Å². The molecule has 106 valence electrons. The van der Waals surface area contributed by atoms with Gasteiger partial charge in [-0.25, -0.2) is 0 Å². The highest BCUT2D eigenvalue weighted by Gasteiger charge is 2.62. The van der Waals surface area contributed by atoms with E-state index < -0.39 is 23.7 Å². The van der Waals surface area contributed by atoms with Crippen LogP contribution < -0.4 is 0 Å². The second-order valence-electron chi connectivity index (χ2n) is 6.74. The number of hydrogen-bond donors (Lipinski definition) is 2. The molecule has 4 nitrogen and oxygen atoms in total. The third kappa shape index (κ3) is 1.56. The van der Waals surface area contributed by atoms with Crippen LogP contribution in [0.1, 0.15) is 46.5 Å². The van der Waals surface area contributed by atoms with E-state index in [4.69, 9.17) is 4.74 Å². The summed E-state index contributed by atoms with van der Waals surface area (Å²) >= 11 is 0. The highest BCUT2D eigenvalue weighted by Crippen LogP contribution is 2.56. The molecular formula is C15H22O4. The first-order chi connectivity index (χ1) is 8.79. The molecule has 19 heavy (non-hydrogen) atoms. The molecule has 0 radical (unpaired) electrons. The van der Waals surface area contributed by atoms with E-state index >= 15 is 0 Å². The lowest BCUT2D eigenvalue weighted by molar-refractivity contribution is -0.143. The van der Waals surface area contributed by atoms with Crippen LogP contribution in [0.2, 0.25) is 0 Å². The molecule has 2 fully saturated rings. The van der Waals surface area contributed by atoms with Gasteiger partial charge >= 0.3 is 5.97 Å². The van der Waals surface area contributed by atoms with E-state index in [1.807, 2.05) is 6.92 Å². The van der Waals surface area contributed by atoms with E-state index in [0.29, 0.717) is 6.42 Å². The van der Waals surface area contributed by atoms with Crippen molar-refractivity contribution in [2.24, 2.45) is 11.3 Å². The maximum atomic E-state index is 11.8. The lowest BCUT2D eigenvalue weighted by Gasteiger charge is -2.50. The first-order valence-corrected chi connectivity index (χ1v) is 7.12. The van der Waals surface area contributed by atoms with E-state index in [0.717, 1.165) is 30.4 Å². The van der Waals surface area contributed by atoms with Crippen molar-refractivity contribution in [1.82, 2.24) is 0 Å². The number of esters is 1. The van der Waals surface area contributed by atoms with E-state index in [1.165, 1.54) is 0 Å². The highest BCUT2D eigenvalue weighted by atomic mass is 16.6. The number of fused-ring (bicyclic) bond motifs is 3. The molecule has 1 saturated carbocycles. The smallest absolute Gasteiger partial charge is 0.312 e. The Bertz CT molecular complexity index is 469. The van der Waals surface area contributed by atoms with Gasteiger partial charge in [-0.15, -0.1) is 0 Å². The molecule has 0 amide bonds. The van der Waals surface area contributed by atoms with E-state index in [-0.39, 0.29) is 11.4 Å². The average molecular weight is 266 g/mol. The summed E-state index contributed by atoms with van der Waals surface area (Å²) in [6.07, 6.45) is 2.04. The fourth-order valence-corrected chi connectivity index (χ4v) is 4.13. The molecule has 0 spiro atoms. The molecule has 2 aliphatic carbocycles. The first-order valence-electron chi connectivity index (χ1n) is 7.12. The van der Waals surface area contributed by atoms with Crippen molar-refractivity contribution in [2.75, 3.05) is 0 Å². The maximum Gasteiger partial charge on any atom is 0.312 e. The third-order valence-electron chi connectivity index (χ3n) is 5.68. The van der Waals surface area contributed by atoms with Crippen LogP contribution in [0.3, 0.4) is 0 Å². The zero-order chi connectivity index (χ0) is 14.0. The molecule has 3 aliphatic rings. The van der Waals surface area contributed by atoms with Gasteiger partial charge in [0.1, 0.15) is 5.60 Å². The largest absolute Gasteiger partial charge is 0.454 e. The number of rotatable bonds is 0. The minimum absolute atomic E-state index is 0.0510. The minimum Gasteiger partial charge on any atom is -0.454 e. The van der Waals surface area contributed by atoms with Gasteiger partial charge in [0.05, 0.1) is 12.0 Å². The van der Waals surface area contributed by atoms with Crippen molar-refractivity contribution in [3.05, 3.63) is 11.1 Å². The Morgan fingerprint density at radius 1 is 1.32 bits per heavy atom. The van der Waals surface area contributed by atoms with Gasteiger partial charge in [0, 0.05) is 0 Å². The normalized spacial score (nSPS) is 49.7. The molecule has 0 aromatic heterocycles. The van der Waals surface area contributed by atoms with Crippen molar-refractivity contribution in [1.29, 1.82) is 0 Å². The summed E-state index contributed by atoms with van der Waals surface area (Å²) in [6, 6.07) is 0. The Balaban J connectivity index is 2.12. The lowest BCUT2D eigenvalue weighted by Crippen LogP contribution is -2.53. The number of aliphatic hydroxyl groups is 2. The number of ether oxygens (including phenoxy) is 1. The highest BCUT2D eigenvalue weighted by molar-refractivity contribution is 5.77. The monoisotopic (exact) mass is 266 g/mol. The van der Waals surface area contributed by atoms with Gasteiger partial charge in [0.2, 0.25) is 0 Å². The fraction of sp³-hybridized carbons (Fsp3) is 0.800. The maximum absolute atomic E-state index is 11.8.